The van der Waals surface area contributed by atoms with Gasteiger partial charge in [0.25, 0.3) is 0 Å². The molecule has 0 aromatic carbocycles. The first-order valence-corrected chi connectivity index (χ1v) is 29.4. The molecule has 73 heavy (non-hydrogen) atoms. The summed E-state index contributed by atoms with van der Waals surface area (Å²) in [5, 5.41) is 11.8. The van der Waals surface area contributed by atoms with Crippen LogP contribution in [0, 0.1) is 0 Å². The van der Waals surface area contributed by atoms with Crippen molar-refractivity contribution >= 4 is 17.9 Å². The van der Waals surface area contributed by atoms with Crippen LogP contribution in [0.25, 0.3) is 0 Å². The Morgan fingerprint density at radius 2 is 0.740 bits per heavy atom. The van der Waals surface area contributed by atoms with Gasteiger partial charge in [0.05, 0.1) is 40.3 Å². The average molecular weight is 1020 g/mol. The molecule has 2 unspecified atom stereocenters. The topological polar surface area (TPSA) is 111 Å². The number of nitrogens with zero attached hydrogens (tertiary/aromatic N) is 1. The van der Waals surface area contributed by atoms with Gasteiger partial charge in [-0.15, -0.1) is 0 Å². The molecular formula is C64H109NO8. The van der Waals surface area contributed by atoms with E-state index in [4.69, 9.17) is 18.9 Å². The minimum atomic E-state index is -1.63. The normalized spacial score (nSPS) is 13.5. The highest BCUT2D eigenvalue weighted by Crippen LogP contribution is 2.16. The fourth-order valence-electron chi connectivity index (χ4n) is 7.87. The van der Waals surface area contributed by atoms with Crippen LogP contribution < -0.4 is 5.11 Å². The summed E-state index contributed by atoms with van der Waals surface area (Å²) < 4.78 is 22.7. The molecule has 0 N–H and O–H groups in total. The quantitative estimate of drug-likeness (QED) is 0.0195. The maximum Gasteiger partial charge on any atom is 0.306 e. The third-order valence-corrected chi connectivity index (χ3v) is 12.3. The molecule has 0 aliphatic carbocycles. The zero-order valence-electron chi connectivity index (χ0n) is 47.5. The van der Waals surface area contributed by atoms with Gasteiger partial charge >= 0.3 is 11.9 Å². The van der Waals surface area contributed by atoms with Gasteiger partial charge in [-0.05, 0) is 89.9 Å². The zero-order chi connectivity index (χ0) is 53.4. The van der Waals surface area contributed by atoms with Gasteiger partial charge in [-0.1, -0.05) is 227 Å². The number of unbranched alkanes of at least 4 members (excludes halogenated alkanes) is 22. The number of carbonyl (C=O) groups excluding carboxylic acids is 3. The Kier molecular flexibility index (Phi) is 51.6. The lowest BCUT2D eigenvalue weighted by molar-refractivity contribution is -0.870. The van der Waals surface area contributed by atoms with E-state index >= 15 is 0 Å². The minimum absolute atomic E-state index is 0.140. The molecule has 0 heterocycles. The molecule has 9 heteroatoms. The van der Waals surface area contributed by atoms with E-state index in [9.17, 15) is 19.5 Å². The summed E-state index contributed by atoms with van der Waals surface area (Å²) in [5.41, 5.74) is 0. The molecule has 0 spiro atoms. The Morgan fingerprint density at radius 3 is 1.10 bits per heavy atom. The molecular weight excluding hydrogens is 911 g/mol. The highest BCUT2D eigenvalue weighted by molar-refractivity contribution is 5.70. The van der Waals surface area contributed by atoms with Crippen molar-refractivity contribution in [2.45, 2.75) is 245 Å². The van der Waals surface area contributed by atoms with Crippen LogP contribution in [0.1, 0.15) is 232 Å². The van der Waals surface area contributed by atoms with E-state index in [0.717, 1.165) is 96.3 Å². The van der Waals surface area contributed by atoms with Crippen molar-refractivity contribution in [2.75, 3.05) is 47.5 Å². The number of esters is 2. The van der Waals surface area contributed by atoms with E-state index in [1.165, 1.54) is 96.3 Å². The van der Waals surface area contributed by atoms with Gasteiger partial charge in [-0.25, -0.2) is 0 Å². The summed E-state index contributed by atoms with van der Waals surface area (Å²) >= 11 is 0. The lowest BCUT2D eigenvalue weighted by Gasteiger charge is -2.26. The van der Waals surface area contributed by atoms with Crippen molar-refractivity contribution < 1.29 is 42.9 Å². The van der Waals surface area contributed by atoms with Crippen LogP contribution in [-0.4, -0.2) is 82.3 Å². The second kappa shape index (κ2) is 54.5. The summed E-state index contributed by atoms with van der Waals surface area (Å²) in [7, 11) is 5.91. The standard InChI is InChI=1S/C64H109NO8/c1-6-8-10-12-14-16-18-20-22-24-25-26-27-28-29-30-31-32-33-34-35-36-37-39-41-43-45-47-49-51-53-55-62(67)73-60(59-72-64(63(68)69)70-57-56-65(3,4)5)58-71-61(66)54-52-50-48-46-44-42-40-38-23-21-19-17-15-13-11-9-7-2/h8-11,14-17,20-23,25-26,40,42,60,64H,6-7,12-13,18-19,24,27-39,41,43-59H2,1-5H3/b10-8-,11-9-,16-14-,17-15-,22-20-,23-21-,26-25-,42-40-. The van der Waals surface area contributed by atoms with Gasteiger partial charge in [-0.3, -0.25) is 9.59 Å². The van der Waals surface area contributed by atoms with Crippen LogP contribution in [0.15, 0.2) is 97.2 Å². The monoisotopic (exact) mass is 1020 g/mol. The fourth-order valence-corrected chi connectivity index (χ4v) is 7.87. The van der Waals surface area contributed by atoms with Crippen LogP contribution in [0.2, 0.25) is 0 Å². The molecule has 418 valence electrons. The van der Waals surface area contributed by atoms with Gasteiger partial charge in [0.1, 0.15) is 13.2 Å². The first-order chi connectivity index (χ1) is 35.6. The zero-order valence-corrected chi connectivity index (χ0v) is 47.5. The molecule has 0 radical (unpaired) electrons. The second-order valence-corrected chi connectivity index (χ2v) is 20.5. The van der Waals surface area contributed by atoms with Crippen molar-refractivity contribution in [2.24, 2.45) is 0 Å². The first kappa shape index (κ1) is 69.2. The van der Waals surface area contributed by atoms with Gasteiger partial charge < -0.3 is 33.3 Å². The number of allylic oxidation sites excluding steroid dienone is 16. The molecule has 0 aliphatic heterocycles. The lowest BCUT2D eigenvalue weighted by atomic mass is 10.0. The Balaban J connectivity index is 4.18. The number of carboxylic acids is 1. The van der Waals surface area contributed by atoms with Crippen molar-refractivity contribution in [1.82, 2.24) is 0 Å². The minimum Gasteiger partial charge on any atom is -0.545 e. The third kappa shape index (κ3) is 55.8. The smallest absolute Gasteiger partial charge is 0.306 e. The van der Waals surface area contributed by atoms with E-state index in [0.29, 0.717) is 23.9 Å². The maximum atomic E-state index is 12.9. The molecule has 0 fully saturated rings. The Hall–Kier alpha value is -3.79. The third-order valence-electron chi connectivity index (χ3n) is 12.3. The predicted molar refractivity (Wildman–Crippen MR) is 306 cm³/mol. The van der Waals surface area contributed by atoms with Gasteiger partial charge in [0, 0.05) is 12.8 Å². The van der Waals surface area contributed by atoms with E-state index < -0.39 is 24.3 Å². The van der Waals surface area contributed by atoms with Gasteiger partial charge in [0.15, 0.2) is 12.4 Å². The number of carboxylic acid groups (broad SMARTS) is 1. The second-order valence-electron chi connectivity index (χ2n) is 20.5. The van der Waals surface area contributed by atoms with E-state index in [-0.39, 0.29) is 38.6 Å². The van der Waals surface area contributed by atoms with E-state index in [1.807, 2.05) is 21.1 Å². The highest BCUT2D eigenvalue weighted by atomic mass is 16.7. The molecule has 0 amide bonds. The number of hydrogen-bond donors (Lipinski definition) is 0. The van der Waals surface area contributed by atoms with Crippen molar-refractivity contribution in [3.05, 3.63) is 97.2 Å². The summed E-state index contributed by atoms with van der Waals surface area (Å²) in [6.07, 6.45) is 70.4. The van der Waals surface area contributed by atoms with Crippen LogP contribution >= 0.6 is 0 Å². The lowest BCUT2D eigenvalue weighted by Crippen LogP contribution is -2.44. The Labute approximate surface area is 448 Å². The van der Waals surface area contributed by atoms with Crippen LogP contribution in [0.5, 0.6) is 0 Å². The number of rotatable bonds is 53. The number of aliphatic carboxylic acids is 1. The average Bonchev–Trinajstić information content (AvgIpc) is 3.36. The largest absolute Gasteiger partial charge is 0.545 e. The van der Waals surface area contributed by atoms with Crippen LogP contribution in [0.4, 0.5) is 0 Å². The number of quaternary nitrogens is 1. The molecule has 0 aliphatic rings. The van der Waals surface area contributed by atoms with E-state index in [2.05, 4.69) is 111 Å². The summed E-state index contributed by atoms with van der Waals surface area (Å²) in [4.78, 5) is 37.3. The highest BCUT2D eigenvalue weighted by Gasteiger charge is 2.22. The molecule has 0 aromatic heterocycles. The predicted octanol–water partition coefficient (Wildman–Crippen LogP) is 16.0. The fraction of sp³-hybridized carbons (Fsp3) is 0.703. The van der Waals surface area contributed by atoms with Crippen molar-refractivity contribution in [3.8, 4) is 0 Å². The molecule has 0 rings (SSSR count). The van der Waals surface area contributed by atoms with Gasteiger partial charge in [0.2, 0.25) is 0 Å². The molecule has 0 saturated heterocycles. The van der Waals surface area contributed by atoms with Crippen molar-refractivity contribution in [3.63, 3.8) is 0 Å². The number of carbonyl (C=O) groups is 3. The van der Waals surface area contributed by atoms with Crippen molar-refractivity contribution in [1.29, 1.82) is 0 Å². The molecule has 0 saturated carbocycles. The molecule has 0 aromatic rings. The Bertz CT molecular complexity index is 1520. The number of ether oxygens (including phenoxy) is 4. The number of hydrogen-bond acceptors (Lipinski definition) is 8. The molecule has 0 bridgehead atoms. The summed E-state index contributed by atoms with van der Waals surface area (Å²) in [6.45, 7) is 4.49. The van der Waals surface area contributed by atoms with Crippen LogP contribution in [-0.2, 0) is 33.3 Å². The first-order valence-electron chi connectivity index (χ1n) is 29.4. The Morgan fingerprint density at radius 1 is 0.411 bits per heavy atom. The molecule has 2 atom stereocenters. The SMILES string of the molecule is CC/C=C\C/C=C\C/C=C\C/C=C\CCCCCCCCCCCCCCCCCCCCC(=O)OC(COC(=O)CCCCCC/C=C\C/C=C\C/C=C\C/C=C\CC)COC(OCC[N+](C)(C)C)C(=O)[O-]. The van der Waals surface area contributed by atoms with Crippen LogP contribution in [0.3, 0.4) is 0 Å². The maximum absolute atomic E-state index is 12.9. The summed E-state index contributed by atoms with van der Waals surface area (Å²) in [5.74, 6) is -2.32. The number of likely N-dealkylation sites (N-methyl/N-ethyl adjacent to an activating group) is 1. The van der Waals surface area contributed by atoms with E-state index in [1.54, 1.807) is 0 Å². The summed E-state index contributed by atoms with van der Waals surface area (Å²) in [6, 6.07) is 0. The van der Waals surface area contributed by atoms with Gasteiger partial charge in [-0.2, -0.15) is 0 Å². The molecule has 9 nitrogen and oxygen atoms in total.